The maximum atomic E-state index is 12.4. The van der Waals surface area contributed by atoms with Crippen molar-refractivity contribution in [2.45, 2.75) is 19.1 Å². The van der Waals surface area contributed by atoms with Crippen LogP contribution in [0.4, 0.5) is 13.2 Å². The van der Waals surface area contributed by atoms with Crippen molar-refractivity contribution in [2.75, 3.05) is 19.6 Å². The van der Waals surface area contributed by atoms with E-state index in [0.29, 0.717) is 6.54 Å². The van der Waals surface area contributed by atoms with Crippen LogP contribution in [0.25, 0.3) is 0 Å². The van der Waals surface area contributed by atoms with Gasteiger partial charge in [-0.15, -0.1) is 11.3 Å². The number of nitrogens with two attached hydrogens (primary N) is 1. The highest BCUT2D eigenvalue weighted by atomic mass is 32.1. The summed E-state index contributed by atoms with van der Waals surface area (Å²) < 4.78 is 37.1. The number of hydrogen-bond donors (Lipinski definition) is 1. The van der Waals surface area contributed by atoms with E-state index in [2.05, 4.69) is 0 Å². The van der Waals surface area contributed by atoms with Gasteiger partial charge in [-0.1, -0.05) is 13.0 Å². The number of nitrogens with zero attached hydrogens (tertiary/aromatic N) is 1. The van der Waals surface area contributed by atoms with E-state index < -0.39 is 12.7 Å². The standard InChI is InChI=1S/C10H15F3N2S/c1-2-15(7-10(11,12)13)8(6-14)9-4-3-5-16-9/h3-5,8H,2,6-7,14H2,1H3. The molecule has 2 nitrogen and oxygen atoms in total. The van der Waals surface area contributed by atoms with E-state index in [4.69, 9.17) is 5.73 Å². The number of rotatable bonds is 5. The van der Waals surface area contributed by atoms with Crippen LogP contribution < -0.4 is 5.73 Å². The van der Waals surface area contributed by atoms with Crippen molar-refractivity contribution in [2.24, 2.45) is 5.73 Å². The summed E-state index contributed by atoms with van der Waals surface area (Å²) in [5.41, 5.74) is 5.56. The zero-order valence-electron chi connectivity index (χ0n) is 9.00. The molecule has 16 heavy (non-hydrogen) atoms. The van der Waals surface area contributed by atoms with Crippen LogP contribution in [-0.2, 0) is 0 Å². The Bertz CT molecular complexity index is 298. The molecule has 0 radical (unpaired) electrons. The predicted molar refractivity (Wildman–Crippen MR) is 59.4 cm³/mol. The lowest BCUT2D eigenvalue weighted by atomic mass is 10.2. The molecule has 1 aromatic rings. The number of halogens is 3. The van der Waals surface area contributed by atoms with Gasteiger partial charge in [-0.2, -0.15) is 13.2 Å². The second-order valence-corrected chi connectivity index (χ2v) is 4.42. The van der Waals surface area contributed by atoms with E-state index in [-0.39, 0.29) is 12.6 Å². The van der Waals surface area contributed by atoms with E-state index in [9.17, 15) is 13.2 Å². The van der Waals surface area contributed by atoms with Crippen molar-refractivity contribution in [3.05, 3.63) is 22.4 Å². The van der Waals surface area contributed by atoms with Crippen LogP contribution in [0.2, 0.25) is 0 Å². The van der Waals surface area contributed by atoms with Gasteiger partial charge in [0.15, 0.2) is 0 Å². The summed E-state index contributed by atoms with van der Waals surface area (Å²) in [4.78, 5) is 2.24. The number of likely N-dealkylation sites (N-methyl/N-ethyl adjacent to an activating group) is 1. The maximum absolute atomic E-state index is 12.4. The van der Waals surface area contributed by atoms with Crippen LogP contribution in [0.1, 0.15) is 17.8 Å². The van der Waals surface area contributed by atoms with Crippen LogP contribution in [0.3, 0.4) is 0 Å². The largest absolute Gasteiger partial charge is 0.401 e. The van der Waals surface area contributed by atoms with E-state index >= 15 is 0 Å². The average molecular weight is 252 g/mol. The van der Waals surface area contributed by atoms with Crippen LogP contribution in [0.5, 0.6) is 0 Å². The highest BCUT2D eigenvalue weighted by molar-refractivity contribution is 7.10. The van der Waals surface area contributed by atoms with Crippen LogP contribution >= 0.6 is 11.3 Å². The lowest BCUT2D eigenvalue weighted by Gasteiger charge is -2.29. The first-order chi connectivity index (χ1) is 7.48. The Morgan fingerprint density at radius 1 is 1.50 bits per heavy atom. The molecule has 0 bridgehead atoms. The monoisotopic (exact) mass is 252 g/mol. The van der Waals surface area contributed by atoms with Crippen LogP contribution in [0, 0.1) is 0 Å². The molecule has 0 spiro atoms. The molecule has 1 atom stereocenters. The minimum atomic E-state index is -4.18. The predicted octanol–water partition coefficient (Wildman–Crippen LogP) is 2.63. The maximum Gasteiger partial charge on any atom is 0.401 e. The van der Waals surface area contributed by atoms with Gasteiger partial charge >= 0.3 is 6.18 Å². The third-order valence-corrected chi connectivity index (χ3v) is 3.30. The van der Waals surface area contributed by atoms with E-state index in [1.54, 1.807) is 6.92 Å². The number of alkyl halides is 3. The van der Waals surface area contributed by atoms with Crippen molar-refractivity contribution in [3.8, 4) is 0 Å². The average Bonchev–Trinajstić information content (AvgIpc) is 2.68. The van der Waals surface area contributed by atoms with E-state index in [0.717, 1.165) is 4.88 Å². The summed E-state index contributed by atoms with van der Waals surface area (Å²) in [7, 11) is 0. The fraction of sp³-hybridized carbons (Fsp3) is 0.600. The third-order valence-electron chi connectivity index (χ3n) is 2.32. The second kappa shape index (κ2) is 5.65. The zero-order valence-corrected chi connectivity index (χ0v) is 9.81. The smallest absolute Gasteiger partial charge is 0.329 e. The summed E-state index contributed by atoms with van der Waals surface area (Å²) in [5.74, 6) is 0. The first-order valence-electron chi connectivity index (χ1n) is 5.02. The van der Waals surface area contributed by atoms with Gasteiger partial charge < -0.3 is 5.73 Å². The van der Waals surface area contributed by atoms with Gasteiger partial charge in [0.05, 0.1) is 12.6 Å². The van der Waals surface area contributed by atoms with Gasteiger partial charge in [0.2, 0.25) is 0 Å². The lowest BCUT2D eigenvalue weighted by molar-refractivity contribution is -0.150. The third kappa shape index (κ3) is 3.77. The van der Waals surface area contributed by atoms with Crippen molar-refractivity contribution in [3.63, 3.8) is 0 Å². The quantitative estimate of drug-likeness (QED) is 0.873. The Balaban J connectivity index is 2.77. The molecule has 0 aliphatic carbocycles. The summed E-state index contributed by atoms with van der Waals surface area (Å²) in [6.45, 7) is 1.33. The van der Waals surface area contributed by atoms with Gasteiger partial charge in [-0.25, -0.2) is 0 Å². The molecule has 92 valence electrons. The van der Waals surface area contributed by atoms with Crippen LogP contribution in [0.15, 0.2) is 17.5 Å². The van der Waals surface area contributed by atoms with Gasteiger partial charge in [0.1, 0.15) is 0 Å². The Hall–Kier alpha value is -0.590. The molecule has 0 aliphatic heterocycles. The molecular formula is C10H15F3N2S. The fourth-order valence-corrected chi connectivity index (χ4v) is 2.47. The Kier molecular flexibility index (Phi) is 4.76. The minimum absolute atomic E-state index is 0.199. The molecule has 0 aliphatic rings. The van der Waals surface area contributed by atoms with Crippen molar-refractivity contribution in [1.29, 1.82) is 0 Å². The minimum Gasteiger partial charge on any atom is -0.329 e. The summed E-state index contributed by atoms with van der Waals surface area (Å²) >= 11 is 1.44. The molecule has 0 aromatic carbocycles. The first-order valence-corrected chi connectivity index (χ1v) is 5.90. The van der Waals surface area contributed by atoms with Gasteiger partial charge in [0.25, 0.3) is 0 Å². The molecule has 0 amide bonds. The summed E-state index contributed by atoms with van der Waals surface area (Å²) in [6.07, 6.45) is -4.18. The SMILES string of the molecule is CCN(CC(F)(F)F)C(CN)c1cccs1. The molecule has 1 aromatic heterocycles. The number of thiophene rings is 1. The fourth-order valence-electron chi connectivity index (χ4n) is 1.60. The molecule has 1 unspecified atom stereocenters. The molecule has 2 N–H and O–H groups in total. The molecule has 0 fully saturated rings. The van der Waals surface area contributed by atoms with E-state index in [1.807, 2.05) is 17.5 Å². The Morgan fingerprint density at radius 3 is 2.56 bits per heavy atom. The highest BCUT2D eigenvalue weighted by Gasteiger charge is 2.33. The topological polar surface area (TPSA) is 29.3 Å². The number of hydrogen-bond acceptors (Lipinski definition) is 3. The Labute approximate surface area is 96.9 Å². The molecule has 6 heteroatoms. The lowest BCUT2D eigenvalue weighted by Crippen LogP contribution is -2.39. The summed E-state index contributed by atoms with van der Waals surface area (Å²) in [5, 5.41) is 1.85. The normalized spacial score (nSPS) is 14.4. The van der Waals surface area contributed by atoms with E-state index in [1.165, 1.54) is 16.2 Å². The molecule has 0 saturated heterocycles. The second-order valence-electron chi connectivity index (χ2n) is 3.45. The van der Waals surface area contributed by atoms with Gasteiger partial charge in [-0.3, -0.25) is 4.90 Å². The molecular weight excluding hydrogens is 237 g/mol. The molecule has 1 heterocycles. The Morgan fingerprint density at radius 2 is 2.19 bits per heavy atom. The highest BCUT2D eigenvalue weighted by Crippen LogP contribution is 2.27. The molecule has 1 rings (SSSR count). The molecule has 0 saturated carbocycles. The van der Waals surface area contributed by atoms with Gasteiger partial charge in [-0.05, 0) is 18.0 Å². The van der Waals surface area contributed by atoms with Crippen molar-refractivity contribution >= 4 is 11.3 Å². The first kappa shape index (κ1) is 13.5. The van der Waals surface area contributed by atoms with Gasteiger partial charge in [0, 0.05) is 11.4 Å². The van der Waals surface area contributed by atoms with Crippen molar-refractivity contribution in [1.82, 2.24) is 4.90 Å². The van der Waals surface area contributed by atoms with Crippen LogP contribution in [-0.4, -0.2) is 30.7 Å². The van der Waals surface area contributed by atoms with Crippen molar-refractivity contribution < 1.29 is 13.2 Å². The summed E-state index contributed by atoms with van der Waals surface area (Å²) in [6, 6.07) is 3.30. The zero-order chi connectivity index (χ0) is 12.2.